The standard InChI is InChI=1S/C15H19N3O3S/c1-10(2)9-12(16)15(19)18-22(20,21)13-7-3-5-11-6-4-8-17-14(11)13/h3-8,10,12H,9,16H2,1-2H3,(H,18,19)/t12-/m0/s1. The normalized spacial score (nSPS) is 13.3. The molecular weight excluding hydrogens is 302 g/mol. The van der Waals surface area contributed by atoms with E-state index in [-0.39, 0.29) is 10.8 Å². The van der Waals surface area contributed by atoms with Gasteiger partial charge >= 0.3 is 0 Å². The molecule has 0 spiro atoms. The Morgan fingerprint density at radius 1 is 1.27 bits per heavy atom. The fourth-order valence-corrected chi connectivity index (χ4v) is 3.38. The van der Waals surface area contributed by atoms with E-state index in [9.17, 15) is 13.2 Å². The Labute approximate surface area is 129 Å². The summed E-state index contributed by atoms with van der Waals surface area (Å²) in [7, 11) is -4.01. The number of para-hydroxylation sites is 1. The number of hydrogen-bond acceptors (Lipinski definition) is 5. The number of hydrogen-bond donors (Lipinski definition) is 2. The maximum Gasteiger partial charge on any atom is 0.266 e. The minimum atomic E-state index is -4.01. The highest BCUT2D eigenvalue weighted by atomic mass is 32.2. The molecule has 3 N–H and O–H groups in total. The van der Waals surface area contributed by atoms with Gasteiger partial charge in [0.2, 0.25) is 0 Å². The van der Waals surface area contributed by atoms with Gasteiger partial charge in [-0.2, -0.15) is 0 Å². The monoisotopic (exact) mass is 321 g/mol. The lowest BCUT2D eigenvalue weighted by molar-refractivity contribution is -0.120. The molecule has 0 bridgehead atoms. The first-order valence-corrected chi connectivity index (χ1v) is 8.45. The van der Waals surface area contributed by atoms with Crippen LogP contribution in [0.15, 0.2) is 41.4 Å². The molecule has 118 valence electrons. The molecule has 0 aliphatic carbocycles. The van der Waals surface area contributed by atoms with Crippen LogP contribution < -0.4 is 10.5 Å². The fraction of sp³-hybridized carbons (Fsp3) is 0.333. The molecule has 22 heavy (non-hydrogen) atoms. The van der Waals surface area contributed by atoms with Crippen LogP contribution in [0, 0.1) is 5.92 Å². The molecule has 6 nitrogen and oxygen atoms in total. The summed E-state index contributed by atoms with van der Waals surface area (Å²) >= 11 is 0. The highest BCUT2D eigenvalue weighted by Crippen LogP contribution is 2.20. The van der Waals surface area contributed by atoms with E-state index >= 15 is 0 Å². The van der Waals surface area contributed by atoms with Gasteiger partial charge in [-0.25, -0.2) is 13.1 Å². The Hall–Kier alpha value is -1.99. The number of benzene rings is 1. The summed E-state index contributed by atoms with van der Waals surface area (Å²) < 4.78 is 26.9. The summed E-state index contributed by atoms with van der Waals surface area (Å²) in [5.74, 6) is -0.510. The molecule has 0 aliphatic heterocycles. The van der Waals surface area contributed by atoms with E-state index in [2.05, 4.69) is 4.98 Å². The van der Waals surface area contributed by atoms with Gasteiger partial charge in [-0.05, 0) is 24.5 Å². The number of nitrogens with one attached hydrogen (secondary N) is 1. The van der Waals surface area contributed by atoms with Gasteiger partial charge in [-0.3, -0.25) is 9.78 Å². The molecule has 1 aromatic heterocycles. The van der Waals surface area contributed by atoms with Gasteiger partial charge < -0.3 is 5.73 Å². The van der Waals surface area contributed by atoms with Gasteiger partial charge in [0.05, 0.1) is 11.6 Å². The zero-order valence-corrected chi connectivity index (χ0v) is 13.3. The molecule has 1 atom stereocenters. The van der Waals surface area contributed by atoms with Crippen LogP contribution >= 0.6 is 0 Å². The average Bonchev–Trinajstić information content (AvgIpc) is 2.45. The quantitative estimate of drug-likeness (QED) is 0.867. The minimum absolute atomic E-state index is 0.0318. The van der Waals surface area contributed by atoms with Crippen LogP contribution in [0.1, 0.15) is 20.3 Å². The molecular formula is C15H19N3O3S. The molecule has 0 fully saturated rings. The number of aromatic nitrogens is 1. The second kappa shape index (κ2) is 6.41. The Morgan fingerprint density at radius 3 is 2.64 bits per heavy atom. The number of rotatable bonds is 5. The van der Waals surface area contributed by atoms with Crippen LogP contribution in [0.2, 0.25) is 0 Å². The van der Waals surface area contributed by atoms with Gasteiger partial charge in [0.25, 0.3) is 15.9 Å². The van der Waals surface area contributed by atoms with Crippen molar-refractivity contribution in [2.45, 2.75) is 31.2 Å². The minimum Gasteiger partial charge on any atom is -0.320 e. The number of pyridine rings is 1. The van der Waals surface area contributed by atoms with E-state index in [1.54, 1.807) is 24.3 Å². The van der Waals surface area contributed by atoms with E-state index in [4.69, 9.17) is 5.73 Å². The number of amides is 1. The Kier molecular flexibility index (Phi) is 4.77. The molecule has 0 radical (unpaired) electrons. The van der Waals surface area contributed by atoms with E-state index in [1.165, 1.54) is 12.3 Å². The van der Waals surface area contributed by atoms with Crippen molar-refractivity contribution < 1.29 is 13.2 Å². The Bertz CT molecular complexity index is 782. The van der Waals surface area contributed by atoms with Gasteiger partial charge in [-0.1, -0.05) is 32.0 Å². The van der Waals surface area contributed by atoms with Crippen LogP contribution in [-0.4, -0.2) is 25.4 Å². The van der Waals surface area contributed by atoms with Gasteiger partial charge in [-0.15, -0.1) is 0 Å². The van der Waals surface area contributed by atoms with E-state index in [0.717, 1.165) is 0 Å². The second-order valence-electron chi connectivity index (χ2n) is 5.54. The van der Waals surface area contributed by atoms with Crippen molar-refractivity contribution in [1.82, 2.24) is 9.71 Å². The van der Waals surface area contributed by atoms with E-state index in [0.29, 0.717) is 17.3 Å². The van der Waals surface area contributed by atoms with E-state index in [1.807, 2.05) is 18.6 Å². The van der Waals surface area contributed by atoms with Gasteiger partial charge in [0.15, 0.2) is 0 Å². The Balaban J connectivity index is 2.32. The van der Waals surface area contributed by atoms with Crippen LogP contribution in [0.5, 0.6) is 0 Å². The highest BCUT2D eigenvalue weighted by molar-refractivity contribution is 7.90. The predicted molar refractivity (Wildman–Crippen MR) is 84.5 cm³/mol. The maximum absolute atomic E-state index is 12.4. The second-order valence-corrected chi connectivity index (χ2v) is 7.19. The largest absolute Gasteiger partial charge is 0.320 e. The molecule has 1 aromatic carbocycles. The van der Waals surface area contributed by atoms with Gasteiger partial charge in [0.1, 0.15) is 4.90 Å². The van der Waals surface area contributed by atoms with Crippen molar-refractivity contribution in [2.24, 2.45) is 11.7 Å². The molecule has 2 rings (SSSR count). The number of fused-ring (bicyclic) bond motifs is 1. The third kappa shape index (κ3) is 3.61. The number of nitrogens with two attached hydrogens (primary N) is 1. The van der Waals surface area contributed by atoms with Crippen molar-refractivity contribution in [3.8, 4) is 0 Å². The summed E-state index contributed by atoms with van der Waals surface area (Å²) in [6.07, 6.45) is 1.92. The van der Waals surface area contributed by atoms with Crippen LogP contribution in [0.4, 0.5) is 0 Å². The molecule has 0 saturated carbocycles. The van der Waals surface area contributed by atoms with Crippen molar-refractivity contribution >= 4 is 26.8 Å². The summed E-state index contributed by atoms with van der Waals surface area (Å²) in [5, 5.41) is 0.685. The molecule has 0 saturated heterocycles. The summed E-state index contributed by atoms with van der Waals surface area (Å²) in [6.45, 7) is 3.83. The van der Waals surface area contributed by atoms with Crippen molar-refractivity contribution in [3.63, 3.8) is 0 Å². The molecule has 1 amide bonds. The first-order valence-electron chi connectivity index (χ1n) is 6.97. The van der Waals surface area contributed by atoms with Crippen molar-refractivity contribution in [1.29, 1.82) is 0 Å². The summed E-state index contributed by atoms with van der Waals surface area (Å²) in [4.78, 5) is 16.0. The number of carbonyl (C=O) groups is 1. The van der Waals surface area contributed by atoms with Gasteiger partial charge in [0, 0.05) is 11.6 Å². The third-order valence-electron chi connectivity index (χ3n) is 3.18. The van der Waals surface area contributed by atoms with Crippen molar-refractivity contribution in [2.75, 3.05) is 0 Å². The zero-order valence-electron chi connectivity index (χ0n) is 12.5. The first-order chi connectivity index (χ1) is 10.3. The molecule has 1 heterocycles. The predicted octanol–water partition coefficient (Wildman–Crippen LogP) is 1.41. The molecule has 0 aliphatic rings. The Morgan fingerprint density at radius 2 is 1.95 bits per heavy atom. The topological polar surface area (TPSA) is 102 Å². The zero-order chi connectivity index (χ0) is 16.3. The molecule has 2 aromatic rings. The lowest BCUT2D eigenvalue weighted by Crippen LogP contribution is -2.44. The highest BCUT2D eigenvalue weighted by Gasteiger charge is 2.24. The average molecular weight is 321 g/mol. The lowest BCUT2D eigenvalue weighted by atomic mass is 10.0. The SMILES string of the molecule is CC(C)C[C@H](N)C(=O)NS(=O)(=O)c1cccc2cccnc12. The summed E-state index contributed by atoms with van der Waals surface area (Å²) in [6, 6.07) is 7.39. The first kappa shape index (κ1) is 16.4. The van der Waals surface area contributed by atoms with E-state index < -0.39 is 22.0 Å². The van der Waals surface area contributed by atoms with Crippen LogP contribution in [0.25, 0.3) is 10.9 Å². The third-order valence-corrected chi connectivity index (χ3v) is 4.56. The number of carbonyl (C=O) groups excluding carboxylic acids is 1. The number of nitrogens with zero attached hydrogens (tertiary/aromatic N) is 1. The molecule has 7 heteroatoms. The van der Waals surface area contributed by atoms with Crippen molar-refractivity contribution in [3.05, 3.63) is 36.5 Å². The number of sulfonamides is 1. The smallest absolute Gasteiger partial charge is 0.266 e. The lowest BCUT2D eigenvalue weighted by Gasteiger charge is -2.14. The molecule has 0 unspecified atom stereocenters. The van der Waals surface area contributed by atoms with Crippen LogP contribution in [0.3, 0.4) is 0 Å². The van der Waals surface area contributed by atoms with Crippen LogP contribution in [-0.2, 0) is 14.8 Å². The fourth-order valence-electron chi connectivity index (χ4n) is 2.17. The summed E-state index contributed by atoms with van der Waals surface area (Å²) in [5.41, 5.74) is 6.05. The maximum atomic E-state index is 12.4.